The first kappa shape index (κ1) is 18.7. The number of nitrogens with zero attached hydrogens (tertiary/aromatic N) is 2. The lowest BCUT2D eigenvalue weighted by atomic mass is 10.0. The Morgan fingerprint density at radius 1 is 1.07 bits per heavy atom. The van der Waals surface area contributed by atoms with Gasteiger partial charge in [0.15, 0.2) is 0 Å². The second-order valence-electron chi connectivity index (χ2n) is 6.23. The highest BCUT2D eigenvalue weighted by Crippen LogP contribution is 2.27. The van der Waals surface area contributed by atoms with Crippen LogP contribution in [0.15, 0.2) is 54.7 Å². The summed E-state index contributed by atoms with van der Waals surface area (Å²) in [6, 6.07) is 15.7. The van der Waals surface area contributed by atoms with Crippen LogP contribution in [0.25, 0.3) is 10.8 Å². The Morgan fingerprint density at radius 2 is 1.85 bits per heavy atom. The SMILES string of the molecule is CCN(CC)c1ccc(C(=O)NCc2c(OC)ccc3ccccc23)cn1. The van der Waals surface area contributed by atoms with Crippen LogP contribution in [-0.2, 0) is 6.54 Å². The summed E-state index contributed by atoms with van der Waals surface area (Å²) in [5.41, 5.74) is 1.52. The van der Waals surface area contributed by atoms with Gasteiger partial charge < -0.3 is 15.0 Å². The monoisotopic (exact) mass is 363 g/mol. The van der Waals surface area contributed by atoms with Gasteiger partial charge in [-0.1, -0.05) is 30.3 Å². The molecule has 0 aliphatic heterocycles. The molecule has 0 aliphatic rings. The van der Waals surface area contributed by atoms with E-state index in [1.807, 2.05) is 42.5 Å². The van der Waals surface area contributed by atoms with Crippen molar-refractivity contribution in [3.05, 3.63) is 65.9 Å². The van der Waals surface area contributed by atoms with Gasteiger partial charge in [-0.15, -0.1) is 0 Å². The molecule has 1 aromatic heterocycles. The van der Waals surface area contributed by atoms with Crippen molar-refractivity contribution in [2.24, 2.45) is 0 Å². The number of fused-ring (bicyclic) bond motifs is 1. The summed E-state index contributed by atoms with van der Waals surface area (Å²) in [7, 11) is 1.64. The zero-order valence-electron chi connectivity index (χ0n) is 16.0. The van der Waals surface area contributed by atoms with Gasteiger partial charge in [-0.3, -0.25) is 4.79 Å². The van der Waals surface area contributed by atoms with Gasteiger partial charge in [0.2, 0.25) is 0 Å². The van der Waals surface area contributed by atoms with Gasteiger partial charge in [0.25, 0.3) is 5.91 Å². The van der Waals surface area contributed by atoms with E-state index in [2.05, 4.69) is 35.1 Å². The Bertz CT molecular complexity index is 918. The lowest BCUT2D eigenvalue weighted by molar-refractivity contribution is 0.0950. The van der Waals surface area contributed by atoms with Crippen molar-refractivity contribution in [3.8, 4) is 5.75 Å². The first-order valence-corrected chi connectivity index (χ1v) is 9.21. The zero-order valence-corrected chi connectivity index (χ0v) is 16.0. The molecule has 1 heterocycles. The number of carbonyl (C=O) groups is 1. The van der Waals surface area contributed by atoms with Gasteiger partial charge in [-0.05, 0) is 42.8 Å². The third-order valence-electron chi connectivity index (χ3n) is 4.74. The molecule has 5 nitrogen and oxygen atoms in total. The van der Waals surface area contributed by atoms with E-state index in [1.54, 1.807) is 13.3 Å². The second-order valence-corrected chi connectivity index (χ2v) is 6.23. The number of hydrogen-bond acceptors (Lipinski definition) is 4. The summed E-state index contributed by atoms with van der Waals surface area (Å²) < 4.78 is 5.49. The predicted octanol–water partition coefficient (Wildman–Crippen LogP) is 4.02. The van der Waals surface area contributed by atoms with E-state index in [9.17, 15) is 4.79 Å². The van der Waals surface area contributed by atoms with E-state index in [1.165, 1.54) is 0 Å². The molecule has 0 atom stereocenters. The second kappa shape index (κ2) is 8.54. The van der Waals surface area contributed by atoms with Gasteiger partial charge in [-0.25, -0.2) is 4.98 Å². The minimum atomic E-state index is -0.149. The molecule has 1 amide bonds. The minimum Gasteiger partial charge on any atom is -0.496 e. The van der Waals surface area contributed by atoms with Crippen LogP contribution in [0.3, 0.4) is 0 Å². The van der Waals surface area contributed by atoms with E-state index in [4.69, 9.17) is 4.74 Å². The zero-order chi connectivity index (χ0) is 19.2. The van der Waals surface area contributed by atoms with Gasteiger partial charge in [-0.2, -0.15) is 0 Å². The Balaban J connectivity index is 1.77. The molecule has 3 rings (SSSR count). The molecule has 2 aromatic carbocycles. The number of methoxy groups -OCH3 is 1. The molecule has 0 spiro atoms. The maximum atomic E-state index is 12.6. The lowest BCUT2D eigenvalue weighted by Crippen LogP contribution is -2.25. The molecule has 0 radical (unpaired) electrons. The van der Waals surface area contributed by atoms with Crippen molar-refractivity contribution < 1.29 is 9.53 Å². The fourth-order valence-electron chi connectivity index (χ4n) is 3.22. The molecule has 0 unspecified atom stereocenters. The number of hydrogen-bond donors (Lipinski definition) is 1. The summed E-state index contributed by atoms with van der Waals surface area (Å²) in [6.45, 7) is 6.33. The minimum absolute atomic E-state index is 0.149. The third kappa shape index (κ3) is 4.03. The fourth-order valence-corrected chi connectivity index (χ4v) is 3.22. The number of carbonyl (C=O) groups excluding carboxylic acids is 1. The van der Waals surface area contributed by atoms with Crippen LogP contribution in [0.4, 0.5) is 5.82 Å². The number of anilines is 1. The van der Waals surface area contributed by atoms with Crippen molar-refractivity contribution in [1.29, 1.82) is 0 Å². The molecule has 140 valence electrons. The summed E-state index contributed by atoms with van der Waals surface area (Å²) in [5, 5.41) is 5.18. The highest BCUT2D eigenvalue weighted by Gasteiger charge is 2.12. The number of ether oxygens (including phenoxy) is 1. The first-order valence-electron chi connectivity index (χ1n) is 9.21. The lowest BCUT2D eigenvalue weighted by Gasteiger charge is -2.19. The van der Waals surface area contributed by atoms with Crippen molar-refractivity contribution in [2.75, 3.05) is 25.1 Å². The van der Waals surface area contributed by atoms with Crippen LogP contribution in [0.1, 0.15) is 29.8 Å². The maximum absolute atomic E-state index is 12.6. The molecular weight excluding hydrogens is 338 g/mol. The number of amides is 1. The predicted molar refractivity (Wildman–Crippen MR) is 109 cm³/mol. The number of pyridine rings is 1. The van der Waals surface area contributed by atoms with E-state index in [0.29, 0.717) is 12.1 Å². The average Bonchev–Trinajstić information content (AvgIpc) is 2.73. The molecular formula is C22H25N3O2. The van der Waals surface area contributed by atoms with Crippen LogP contribution >= 0.6 is 0 Å². The molecule has 0 aliphatic carbocycles. The number of benzene rings is 2. The van der Waals surface area contributed by atoms with Crippen molar-refractivity contribution in [3.63, 3.8) is 0 Å². The molecule has 3 aromatic rings. The average molecular weight is 363 g/mol. The van der Waals surface area contributed by atoms with E-state index < -0.39 is 0 Å². The summed E-state index contributed by atoms with van der Waals surface area (Å²) >= 11 is 0. The highest BCUT2D eigenvalue weighted by molar-refractivity contribution is 5.94. The molecule has 0 saturated heterocycles. The molecule has 0 fully saturated rings. The van der Waals surface area contributed by atoms with Crippen LogP contribution in [0.2, 0.25) is 0 Å². The van der Waals surface area contributed by atoms with Crippen molar-refractivity contribution >= 4 is 22.5 Å². The maximum Gasteiger partial charge on any atom is 0.253 e. The Kier molecular flexibility index (Phi) is 5.91. The quantitative estimate of drug-likeness (QED) is 0.689. The van der Waals surface area contributed by atoms with E-state index >= 15 is 0 Å². The van der Waals surface area contributed by atoms with Gasteiger partial charge in [0.1, 0.15) is 11.6 Å². The topological polar surface area (TPSA) is 54.5 Å². The van der Waals surface area contributed by atoms with Crippen molar-refractivity contribution in [1.82, 2.24) is 10.3 Å². The van der Waals surface area contributed by atoms with Gasteiger partial charge in [0, 0.05) is 31.4 Å². The van der Waals surface area contributed by atoms with E-state index in [-0.39, 0.29) is 5.91 Å². The normalized spacial score (nSPS) is 10.6. The molecule has 27 heavy (non-hydrogen) atoms. The molecule has 0 saturated carbocycles. The van der Waals surface area contributed by atoms with Crippen molar-refractivity contribution in [2.45, 2.75) is 20.4 Å². The largest absolute Gasteiger partial charge is 0.496 e. The summed E-state index contributed by atoms with van der Waals surface area (Å²) in [5.74, 6) is 1.50. The number of rotatable bonds is 7. The smallest absolute Gasteiger partial charge is 0.253 e. The number of nitrogens with one attached hydrogen (secondary N) is 1. The Hall–Kier alpha value is -3.08. The Labute approximate surface area is 160 Å². The fraction of sp³-hybridized carbons (Fsp3) is 0.273. The van der Waals surface area contributed by atoms with Gasteiger partial charge in [0.05, 0.1) is 12.7 Å². The van der Waals surface area contributed by atoms with Crippen LogP contribution < -0.4 is 15.0 Å². The standard InChI is InChI=1S/C22H25N3O2/c1-4-25(5-2)21-13-11-17(14-23-21)22(26)24-15-19-18-9-7-6-8-16(18)10-12-20(19)27-3/h6-14H,4-5,15H2,1-3H3,(H,24,26). The molecule has 5 heteroatoms. The van der Waals surface area contributed by atoms with Crippen LogP contribution in [-0.4, -0.2) is 31.1 Å². The van der Waals surface area contributed by atoms with Gasteiger partial charge >= 0.3 is 0 Å². The summed E-state index contributed by atoms with van der Waals surface area (Å²) in [4.78, 5) is 19.1. The first-order chi connectivity index (χ1) is 13.2. The third-order valence-corrected chi connectivity index (χ3v) is 4.74. The molecule has 0 bridgehead atoms. The van der Waals surface area contributed by atoms with E-state index in [0.717, 1.165) is 41.0 Å². The number of aromatic nitrogens is 1. The molecule has 1 N–H and O–H groups in total. The Morgan fingerprint density at radius 3 is 2.52 bits per heavy atom. The van der Waals surface area contributed by atoms with Crippen LogP contribution in [0, 0.1) is 0 Å². The summed E-state index contributed by atoms with van der Waals surface area (Å²) in [6.07, 6.45) is 1.63. The highest BCUT2D eigenvalue weighted by atomic mass is 16.5. The van der Waals surface area contributed by atoms with Crippen LogP contribution in [0.5, 0.6) is 5.75 Å².